The highest BCUT2D eigenvalue weighted by molar-refractivity contribution is 6.46. The maximum absolute atomic E-state index is 13.5. The minimum absolute atomic E-state index is 0.0352. The van der Waals surface area contributed by atoms with Gasteiger partial charge in [0.15, 0.2) is 11.5 Å². The van der Waals surface area contributed by atoms with Gasteiger partial charge in [0, 0.05) is 30.9 Å². The van der Waals surface area contributed by atoms with Gasteiger partial charge in [0.05, 0.1) is 24.8 Å². The van der Waals surface area contributed by atoms with E-state index in [9.17, 15) is 14.7 Å². The third-order valence-electron chi connectivity index (χ3n) is 7.15. The number of aliphatic hydroxyl groups is 1. The van der Waals surface area contributed by atoms with Crippen molar-refractivity contribution in [3.63, 3.8) is 0 Å². The summed E-state index contributed by atoms with van der Waals surface area (Å²) in [6.07, 6.45) is 5.93. The van der Waals surface area contributed by atoms with Crippen LogP contribution in [0, 0.1) is 0 Å². The predicted octanol–water partition coefficient (Wildman–Crippen LogP) is 5.60. The van der Waals surface area contributed by atoms with Crippen LogP contribution in [0.1, 0.15) is 61.9 Å². The van der Waals surface area contributed by atoms with Crippen molar-refractivity contribution in [2.75, 3.05) is 13.2 Å². The number of hydrogen-bond donors (Lipinski definition) is 1. The third kappa shape index (κ3) is 5.39. The molecule has 0 bridgehead atoms. The fourth-order valence-electron chi connectivity index (χ4n) is 5.21. The molecule has 2 aliphatic rings. The second kappa shape index (κ2) is 11.8. The molecule has 5 rings (SSSR count). The number of likely N-dealkylation sites (tertiary alicyclic amines) is 1. The summed E-state index contributed by atoms with van der Waals surface area (Å²) in [5, 5.41) is 11.6. The van der Waals surface area contributed by atoms with E-state index in [0.717, 1.165) is 29.7 Å². The number of fused-ring (bicyclic) bond motifs is 1. The SMILES string of the molecule is CCCCOc1ccc([C@H]2C(=C(O)c3ccc4c(c3)C[C@@H](C)O4)C(=O)C(=O)N2Cc2ccncc2)cc1OCC. The second-order valence-corrected chi connectivity index (χ2v) is 10.1. The van der Waals surface area contributed by atoms with Crippen molar-refractivity contribution in [3.05, 3.63) is 88.8 Å². The van der Waals surface area contributed by atoms with Gasteiger partial charge >= 0.3 is 0 Å². The van der Waals surface area contributed by atoms with Gasteiger partial charge in [-0.1, -0.05) is 19.4 Å². The lowest BCUT2D eigenvalue weighted by atomic mass is 9.94. The number of benzene rings is 2. The number of ketones is 1. The molecule has 0 saturated carbocycles. The molecule has 40 heavy (non-hydrogen) atoms. The van der Waals surface area contributed by atoms with Crippen molar-refractivity contribution in [3.8, 4) is 17.2 Å². The van der Waals surface area contributed by atoms with E-state index in [1.165, 1.54) is 4.90 Å². The van der Waals surface area contributed by atoms with Crippen LogP contribution in [0.25, 0.3) is 5.76 Å². The van der Waals surface area contributed by atoms with E-state index in [4.69, 9.17) is 14.2 Å². The van der Waals surface area contributed by atoms with Gasteiger partial charge in [0.2, 0.25) is 0 Å². The van der Waals surface area contributed by atoms with Gasteiger partial charge in [-0.25, -0.2) is 0 Å². The Morgan fingerprint density at radius 2 is 1.85 bits per heavy atom. The number of ether oxygens (including phenoxy) is 3. The fraction of sp³-hybridized carbons (Fsp3) is 0.344. The van der Waals surface area contributed by atoms with Crippen LogP contribution in [0.15, 0.2) is 66.5 Å². The van der Waals surface area contributed by atoms with Gasteiger partial charge in [0.25, 0.3) is 11.7 Å². The Kier molecular flexibility index (Phi) is 8.05. The number of Topliss-reactive ketones (excluding diaryl/α,β-unsaturated/α-hetero) is 1. The average molecular weight is 543 g/mol. The molecule has 1 saturated heterocycles. The highest BCUT2D eigenvalue weighted by atomic mass is 16.5. The Labute approximate surface area is 234 Å². The Morgan fingerprint density at radius 3 is 2.60 bits per heavy atom. The van der Waals surface area contributed by atoms with Crippen molar-refractivity contribution in [2.24, 2.45) is 0 Å². The lowest BCUT2D eigenvalue weighted by Gasteiger charge is -2.26. The largest absolute Gasteiger partial charge is 0.507 e. The van der Waals surface area contributed by atoms with E-state index in [1.807, 2.05) is 26.0 Å². The number of amides is 1. The maximum Gasteiger partial charge on any atom is 0.295 e. The smallest absolute Gasteiger partial charge is 0.295 e. The number of nitrogens with zero attached hydrogens (tertiary/aromatic N) is 2. The molecule has 2 aromatic carbocycles. The fourth-order valence-corrected chi connectivity index (χ4v) is 5.21. The van der Waals surface area contributed by atoms with Gasteiger partial charge in [-0.15, -0.1) is 0 Å². The first-order chi connectivity index (χ1) is 19.4. The summed E-state index contributed by atoms with van der Waals surface area (Å²) in [7, 11) is 0. The minimum atomic E-state index is -0.833. The van der Waals surface area contributed by atoms with Gasteiger partial charge in [-0.05, 0) is 79.4 Å². The molecule has 3 heterocycles. The topological polar surface area (TPSA) is 98.2 Å². The van der Waals surface area contributed by atoms with Crippen LogP contribution < -0.4 is 14.2 Å². The number of aromatic nitrogens is 1. The van der Waals surface area contributed by atoms with Gasteiger partial charge in [-0.2, -0.15) is 0 Å². The Balaban J connectivity index is 1.61. The minimum Gasteiger partial charge on any atom is -0.507 e. The zero-order chi connectivity index (χ0) is 28.2. The number of aliphatic hydroxyl groups excluding tert-OH is 1. The molecule has 2 aliphatic heterocycles. The summed E-state index contributed by atoms with van der Waals surface area (Å²) >= 11 is 0. The van der Waals surface area contributed by atoms with E-state index >= 15 is 0 Å². The highest BCUT2D eigenvalue weighted by Crippen LogP contribution is 2.43. The van der Waals surface area contributed by atoms with Crippen molar-refractivity contribution in [1.82, 2.24) is 9.88 Å². The Bertz CT molecular complexity index is 1430. The first-order valence-electron chi connectivity index (χ1n) is 13.8. The van der Waals surface area contributed by atoms with E-state index in [0.29, 0.717) is 42.3 Å². The molecule has 1 fully saturated rings. The Hall–Kier alpha value is -4.33. The number of rotatable bonds is 10. The van der Waals surface area contributed by atoms with Gasteiger partial charge in [0.1, 0.15) is 17.6 Å². The molecule has 1 N–H and O–H groups in total. The van der Waals surface area contributed by atoms with Crippen LogP contribution in [0.5, 0.6) is 17.2 Å². The normalized spacial score (nSPS) is 19.4. The molecule has 0 unspecified atom stereocenters. The molecule has 3 aromatic rings. The zero-order valence-electron chi connectivity index (χ0n) is 23.1. The number of unbranched alkanes of at least 4 members (excludes halogenated alkanes) is 1. The number of carbonyl (C=O) groups excluding carboxylic acids is 2. The number of pyridine rings is 1. The molecule has 208 valence electrons. The summed E-state index contributed by atoms with van der Waals surface area (Å²) in [4.78, 5) is 32.6. The Morgan fingerprint density at radius 1 is 1.05 bits per heavy atom. The van der Waals surface area contributed by atoms with Gasteiger partial charge in [-0.3, -0.25) is 14.6 Å². The van der Waals surface area contributed by atoms with Gasteiger partial charge < -0.3 is 24.2 Å². The van der Waals surface area contributed by atoms with Crippen molar-refractivity contribution in [2.45, 2.75) is 58.7 Å². The number of hydrogen-bond acceptors (Lipinski definition) is 7. The van der Waals surface area contributed by atoms with E-state index in [2.05, 4.69) is 11.9 Å². The van der Waals surface area contributed by atoms with Crippen LogP contribution >= 0.6 is 0 Å². The maximum atomic E-state index is 13.5. The lowest BCUT2D eigenvalue weighted by Crippen LogP contribution is -2.29. The summed E-state index contributed by atoms with van der Waals surface area (Å²) in [6.45, 7) is 7.10. The number of carbonyl (C=O) groups is 2. The quantitative estimate of drug-likeness (QED) is 0.154. The monoisotopic (exact) mass is 542 g/mol. The molecule has 0 spiro atoms. The molecule has 1 aromatic heterocycles. The van der Waals surface area contributed by atoms with Crippen LogP contribution in [0.3, 0.4) is 0 Å². The summed E-state index contributed by atoms with van der Waals surface area (Å²) in [6, 6.07) is 13.5. The molecule has 2 atom stereocenters. The van der Waals surface area contributed by atoms with Crippen molar-refractivity contribution >= 4 is 17.4 Å². The second-order valence-electron chi connectivity index (χ2n) is 10.1. The van der Waals surface area contributed by atoms with E-state index < -0.39 is 17.7 Å². The summed E-state index contributed by atoms with van der Waals surface area (Å²) < 4.78 is 17.7. The van der Waals surface area contributed by atoms with Crippen LogP contribution in [0.4, 0.5) is 0 Å². The van der Waals surface area contributed by atoms with Crippen LogP contribution in [-0.2, 0) is 22.6 Å². The molecule has 8 nitrogen and oxygen atoms in total. The molecular weight excluding hydrogens is 508 g/mol. The first kappa shape index (κ1) is 27.2. The average Bonchev–Trinajstić information content (AvgIpc) is 3.45. The predicted molar refractivity (Wildman–Crippen MR) is 150 cm³/mol. The molecule has 1 amide bonds. The molecule has 0 radical (unpaired) electrons. The molecule has 8 heteroatoms. The summed E-state index contributed by atoms with van der Waals surface area (Å²) in [5.74, 6) is 0.251. The third-order valence-corrected chi connectivity index (χ3v) is 7.15. The van der Waals surface area contributed by atoms with Crippen LogP contribution in [0.2, 0.25) is 0 Å². The van der Waals surface area contributed by atoms with Crippen LogP contribution in [-0.4, -0.2) is 46.0 Å². The van der Waals surface area contributed by atoms with E-state index in [1.54, 1.807) is 48.8 Å². The molecular formula is C32H34N2O6. The summed E-state index contributed by atoms with van der Waals surface area (Å²) in [5.41, 5.74) is 2.90. The van der Waals surface area contributed by atoms with Crippen molar-refractivity contribution in [1.29, 1.82) is 0 Å². The lowest BCUT2D eigenvalue weighted by molar-refractivity contribution is -0.140. The van der Waals surface area contributed by atoms with Crippen molar-refractivity contribution < 1.29 is 28.9 Å². The standard InChI is InChI=1S/C32H34N2O6/c1-4-6-15-39-26-10-7-22(18-27(26)38-5-2)29-28(30(35)23-8-9-25-24(17-23)16-20(3)40-25)31(36)32(37)34(29)19-21-11-13-33-14-12-21/h7-14,17-18,20,29,35H,4-6,15-16,19H2,1-3H3/t20-,29+/m1/s1. The zero-order valence-corrected chi connectivity index (χ0v) is 23.1. The molecule has 0 aliphatic carbocycles. The highest BCUT2D eigenvalue weighted by Gasteiger charge is 2.46. The van der Waals surface area contributed by atoms with E-state index in [-0.39, 0.29) is 24.0 Å². The first-order valence-corrected chi connectivity index (χ1v) is 13.8.